The van der Waals surface area contributed by atoms with Gasteiger partial charge in [0.25, 0.3) is 0 Å². The second kappa shape index (κ2) is 10.8. The third kappa shape index (κ3) is 5.55. The number of carbonyl (C=O) groups excluding carboxylic acids is 1. The Bertz CT molecular complexity index is 1940. The summed E-state index contributed by atoms with van der Waals surface area (Å²) in [6.45, 7) is 0. The molecule has 0 radical (unpaired) electrons. The molecule has 0 spiro atoms. The zero-order valence-electron chi connectivity index (χ0n) is 21.7. The van der Waals surface area contributed by atoms with Gasteiger partial charge in [-0.05, 0) is 77.2 Å². The number of anilines is 4. The van der Waals surface area contributed by atoms with Crippen molar-refractivity contribution in [2.75, 3.05) is 16.0 Å². The fourth-order valence-corrected chi connectivity index (χ4v) is 4.66. The number of carbonyl (C=O) groups is 1. The Morgan fingerprint density at radius 1 is 0.714 bits per heavy atom. The van der Waals surface area contributed by atoms with Gasteiger partial charge >= 0.3 is 12.2 Å². The molecule has 6 rings (SSSR count). The third-order valence-corrected chi connectivity index (χ3v) is 6.67. The molecule has 6 nitrogen and oxygen atoms in total. The highest BCUT2D eigenvalue weighted by molar-refractivity contribution is 6.03. The van der Waals surface area contributed by atoms with Gasteiger partial charge < -0.3 is 16.0 Å². The van der Waals surface area contributed by atoms with Gasteiger partial charge in [0.15, 0.2) is 0 Å². The maximum absolute atomic E-state index is 14.0. The Labute approximate surface area is 237 Å². The van der Waals surface area contributed by atoms with Crippen LogP contribution in [-0.2, 0) is 6.18 Å². The van der Waals surface area contributed by atoms with Gasteiger partial charge in [0.1, 0.15) is 11.6 Å². The normalized spacial score (nSPS) is 11.4. The van der Waals surface area contributed by atoms with Crippen molar-refractivity contribution >= 4 is 50.6 Å². The van der Waals surface area contributed by atoms with Crippen molar-refractivity contribution < 1.29 is 22.4 Å². The molecule has 0 aliphatic rings. The van der Waals surface area contributed by atoms with Gasteiger partial charge in [-0.1, -0.05) is 36.4 Å². The van der Waals surface area contributed by atoms with Crippen LogP contribution in [0.15, 0.2) is 109 Å². The molecule has 0 saturated heterocycles. The molecule has 0 fully saturated rings. The van der Waals surface area contributed by atoms with Gasteiger partial charge in [-0.15, -0.1) is 0 Å². The van der Waals surface area contributed by atoms with Gasteiger partial charge in [-0.25, -0.2) is 14.2 Å². The number of alkyl halides is 3. The average Bonchev–Trinajstić information content (AvgIpc) is 2.98. The van der Waals surface area contributed by atoms with Crippen LogP contribution in [0.25, 0.3) is 32.8 Å². The topological polar surface area (TPSA) is 78.9 Å². The number of amides is 2. The number of halogens is 4. The highest BCUT2D eigenvalue weighted by atomic mass is 19.4. The van der Waals surface area contributed by atoms with Crippen LogP contribution in [0.1, 0.15) is 5.56 Å². The summed E-state index contributed by atoms with van der Waals surface area (Å²) in [5.41, 5.74) is 2.30. The SMILES string of the molecule is O=C(Nc1ccc(-c2cccc3c(Nc4ccc5ncccc5c4)nccc23)cc1)Nc1cc(C(F)(F)F)ccc1F. The van der Waals surface area contributed by atoms with Crippen LogP contribution in [0.2, 0.25) is 0 Å². The molecule has 2 heterocycles. The Balaban J connectivity index is 1.21. The zero-order chi connectivity index (χ0) is 29.3. The first-order chi connectivity index (χ1) is 20.2. The van der Waals surface area contributed by atoms with Crippen LogP contribution in [0.4, 0.5) is 45.2 Å². The number of rotatable bonds is 5. The van der Waals surface area contributed by atoms with Gasteiger partial charge in [-0.3, -0.25) is 4.98 Å². The number of pyridine rings is 2. The molecule has 208 valence electrons. The quantitative estimate of drug-likeness (QED) is 0.182. The van der Waals surface area contributed by atoms with E-state index in [1.54, 1.807) is 36.7 Å². The Morgan fingerprint density at radius 2 is 1.52 bits per heavy atom. The Morgan fingerprint density at radius 3 is 2.33 bits per heavy atom. The van der Waals surface area contributed by atoms with E-state index in [1.807, 2.05) is 54.6 Å². The van der Waals surface area contributed by atoms with Gasteiger partial charge in [-0.2, -0.15) is 13.2 Å². The van der Waals surface area contributed by atoms with E-state index in [4.69, 9.17) is 0 Å². The maximum Gasteiger partial charge on any atom is 0.416 e. The highest BCUT2D eigenvalue weighted by Gasteiger charge is 2.31. The summed E-state index contributed by atoms with van der Waals surface area (Å²) < 4.78 is 52.9. The van der Waals surface area contributed by atoms with Crippen LogP contribution in [0, 0.1) is 5.82 Å². The summed E-state index contributed by atoms with van der Waals surface area (Å²) in [5.74, 6) is -0.292. The lowest BCUT2D eigenvalue weighted by Gasteiger charge is -2.13. The number of benzene rings is 4. The molecule has 3 N–H and O–H groups in total. The summed E-state index contributed by atoms with van der Waals surface area (Å²) in [4.78, 5) is 21.3. The summed E-state index contributed by atoms with van der Waals surface area (Å²) in [5, 5.41) is 10.9. The molecule has 2 aromatic heterocycles. The largest absolute Gasteiger partial charge is 0.416 e. The smallest absolute Gasteiger partial charge is 0.340 e. The molecule has 6 aromatic rings. The van der Waals surface area contributed by atoms with Crippen molar-refractivity contribution in [3.8, 4) is 11.1 Å². The molecule has 0 unspecified atom stereocenters. The Kier molecular flexibility index (Phi) is 6.87. The minimum Gasteiger partial charge on any atom is -0.340 e. The van der Waals surface area contributed by atoms with Crippen LogP contribution in [0.3, 0.4) is 0 Å². The van der Waals surface area contributed by atoms with E-state index >= 15 is 0 Å². The molecule has 4 aromatic carbocycles. The van der Waals surface area contributed by atoms with Crippen molar-refractivity contribution in [3.63, 3.8) is 0 Å². The number of nitrogens with zero attached hydrogens (tertiary/aromatic N) is 2. The highest BCUT2D eigenvalue weighted by Crippen LogP contribution is 2.34. The first-order valence-corrected chi connectivity index (χ1v) is 12.8. The van der Waals surface area contributed by atoms with Crippen molar-refractivity contribution in [2.24, 2.45) is 0 Å². The predicted molar refractivity (Wildman–Crippen MR) is 156 cm³/mol. The van der Waals surface area contributed by atoms with Crippen LogP contribution in [-0.4, -0.2) is 16.0 Å². The standard InChI is InChI=1S/C32H21F4N5O/c33-27-12-8-21(32(34,35)36)18-29(27)41-31(42)40-22-9-6-19(7-10-22)24-4-1-5-26-25(24)14-16-38-30(26)39-23-11-13-28-20(17-23)3-2-15-37-28/h1-18H,(H,38,39)(H2,40,41,42). The number of aromatic nitrogens is 2. The van der Waals surface area contributed by atoms with Gasteiger partial charge in [0.2, 0.25) is 0 Å². The third-order valence-electron chi connectivity index (χ3n) is 6.67. The molecule has 0 bridgehead atoms. The second-order valence-corrected chi connectivity index (χ2v) is 9.44. The molecule has 0 saturated carbocycles. The Hall–Kier alpha value is -5.51. The lowest BCUT2D eigenvalue weighted by atomic mass is 9.99. The van der Waals surface area contributed by atoms with Crippen molar-refractivity contribution in [1.29, 1.82) is 0 Å². The van der Waals surface area contributed by atoms with Gasteiger partial charge in [0.05, 0.1) is 16.8 Å². The maximum atomic E-state index is 14.0. The number of fused-ring (bicyclic) bond motifs is 2. The van der Waals surface area contributed by atoms with E-state index in [1.165, 1.54) is 0 Å². The van der Waals surface area contributed by atoms with Crippen LogP contribution < -0.4 is 16.0 Å². The van der Waals surface area contributed by atoms with E-state index in [0.29, 0.717) is 29.7 Å². The van der Waals surface area contributed by atoms with E-state index in [0.717, 1.165) is 38.5 Å². The molecule has 2 amide bonds. The first-order valence-electron chi connectivity index (χ1n) is 12.8. The zero-order valence-corrected chi connectivity index (χ0v) is 21.7. The number of nitrogens with one attached hydrogen (secondary N) is 3. The van der Waals surface area contributed by atoms with Crippen molar-refractivity contribution in [2.45, 2.75) is 6.18 Å². The minimum absolute atomic E-state index is 0.374. The fraction of sp³-hybridized carbons (Fsp3) is 0.0312. The molecule has 0 aliphatic carbocycles. The van der Waals surface area contributed by atoms with E-state index in [9.17, 15) is 22.4 Å². The first kappa shape index (κ1) is 26.7. The fourth-order valence-electron chi connectivity index (χ4n) is 4.66. The molecular formula is C32H21F4N5O. The lowest BCUT2D eigenvalue weighted by molar-refractivity contribution is -0.137. The summed E-state index contributed by atoms with van der Waals surface area (Å²) in [6.07, 6.45) is -1.19. The predicted octanol–water partition coefficient (Wildman–Crippen LogP) is 9.00. The van der Waals surface area contributed by atoms with E-state index in [-0.39, 0.29) is 0 Å². The van der Waals surface area contributed by atoms with Crippen LogP contribution >= 0.6 is 0 Å². The molecule has 42 heavy (non-hydrogen) atoms. The van der Waals surface area contributed by atoms with Crippen molar-refractivity contribution in [3.05, 3.63) is 121 Å². The summed E-state index contributed by atoms with van der Waals surface area (Å²) in [7, 11) is 0. The van der Waals surface area contributed by atoms with Gasteiger partial charge in [0, 0.05) is 34.5 Å². The second-order valence-electron chi connectivity index (χ2n) is 9.44. The minimum atomic E-state index is -4.67. The van der Waals surface area contributed by atoms with Crippen LogP contribution in [0.5, 0.6) is 0 Å². The number of hydrogen-bond donors (Lipinski definition) is 3. The molecular weight excluding hydrogens is 546 g/mol. The lowest BCUT2D eigenvalue weighted by Crippen LogP contribution is -2.20. The molecule has 0 atom stereocenters. The molecule has 10 heteroatoms. The average molecular weight is 568 g/mol. The number of urea groups is 1. The summed E-state index contributed by atoms with van der Waals surface area (Å²) in [6, 6.07) is 25.4. The summed E-state index contributed by atoms with van der Waals surface area (Å²) >= 11 is 0. The van der Waals surface area contributed by atoms with E-state index < -0.39 is 29.3 Å². The number of hydrogen-bond acceptors (Lipinski definition) is 4. The van der Waals surface area contributed by atoms with Crippen molar-refractivity contribution in [1.82, 2.24) is 9.97 Å². The monoisotopic (exact) mass is 567 g/mol. The van der Waals surface area contributed by atoms with E-state index in [2.05, 4.69) is 25.9 Å². The molecule has 0 aliphatic heterocycles.